The van der Waals surface area contributed by atoms with E-state index in [1.807, 2.05) is 0 Å². The second-order valence-corrected chi connectivity index (χ2v) is 5.68. The fraction of sp³-hybridized carbons (Fsp3) is 0.833. The van der Waals surface area contributed by atoms with Crippen molar-refractivity contribution in [1.82, 2.24) is 0 Å². The van der Waals surface area contributed by atoms with Crippen molar-refractivity contribution in [1.29, 1.82) is 0 Å². The molecule has 0 N–H and O–H groups in total. The molecule has 0 aliphatic rings. The highest BCUT2D eigenvalue weighted by molar-refractivity contribution is 7.86. The van der Waals surface area contributed by atoms with Crippen LogP contribution in [0, 0.1) is 0 Å². The summed E-state index contributed by atoms with van der Waals surface area (Å²) in [6.45, 7) is 2.21. The zero-order chi connectivity index (χ0) is 12.3. The van der Waals surface area contributed by atoms with E-state index < -0.39 is 10.1 Å². The van der Waals surface area contributed by atoms with Crippen molar-refractivity contribution in [2.75, 3.05) is 6.26 Å². The summed E-state index contributed by atoms with van der Waals surface area (Å²) in [5.74, 6) is 0. The first-order valence-electron chi connectivity index (χ1n) is 6.09. The van der Waals surface area contributed by atoms with E-state index in [4.69, 9.17) is 0 Å². The molecule has 0 heterocycles. The van der Waals surface area contributed by atoms with Gasteiger partial charge in [-0.3, -0.25) is 0 Å². The van der Waals surface area contributed by atoms with Crippen molar-refractivity contribution in [2.24, 2.45) is 0 Å². The van der Waals surface area contributed by atoms with Crippen LogP contribution in [-0.4, -0.2) is 14.7 Å². The number of allylic oxidation sites excluding steroid dienone is 1. The lowest BCUT2D eigenvalue weighted by molar-refractivity contribution is 0.447. The van der Waals surface area contributed by atoms with Crippen LogP contribution >= 0.6 is 0 Å². The van der Waals surface area contributed by atoms with Crippen molar-refractivity contribution in [3.8, 4) is 0 Å². The van der Waals surface area contributed by atoms with Gasteiger partial charge in [0.05, 0.1) is 6.26 Å². The zero-order valence-corrected chi connectivity index (χ0v) is 11.3. The molecular formula is C12H24O3S. The maximum Gasteiger partial charge on any atom is 0.305 e. The number of unbranched alkanes of at least 4 members (excludes halogenated alkanes) is 7. The first-order valence-corrected chi connectivity index (χ1v) is 7.91. The van der Waals surface area contributed by atoms with Crippen LogP contribution in [0.15, 0.2) is 12.3 Å². The highest BCUT2D eigenvalue weighted by atomic mass is 32.2. The molecule has 0 bridgehead atoms. The Bertz CT molecular complexity index is 268. The average molecular weight is 248 g/mol. The third-order valence-corrected chi connectivity index (χ3v) is 2.76. The van der Waals surface area contributed by atoms with E-state index >= 15 is 0 Å². The van der Waals surface area contributed by atoms with Crippen LogP contribution < -0.4 is 0 Å². The summed E-state index contributed by atoms with van der Waals surface area (Å²) in [7, 11) is -3.32. The number of rotatable bonds is 10. The molecule has 0 aromatic heterocycles. The molecular weight excluding hydrogens is 224 g/mol. The summed E-state index contributed by atoms with van der Waals surface area (Å²) < 4.78 is 25.7. The van der Waals surface area contributed by atoms with Gasteiger partial charge in [0.25, 0.3) is 0 Å². The van der Waals surface area contributed by atoms with E-state index in [9.17, 15) is 8.42 Å². The Labute approximate surface area is 100 Å². The normalized spacial score (nSPS) is 12.1. The smallest absolute Gasteiger partial charge is 0.305 e. The number of hydrogen-bond acceptors (Lipinski definition) is 3. The van der Waals surface area contributed by atoms with E-state index in [1.165, 1.54) is 44.8 Å². The molecule has 0 aromatic rings. The second kappa shape index (κ2) is 9.70. The average Bonchev–Trinajstić information content (AvgIpc) is 2.19. The third-order valence-electron chi connectivity index (χ3n) is 2.30. The second-order valence-electron chi connectivity index (χ2n) is 4.08. The topological polar surface area (TPSA) is 43.4 Å². The summed E-state index contributed by atoms with van der Waals surface area (Å²) in [5.41, 5.74) is 0. The van der Waals surface area contributed by atoms with E-state index in [-0.39, 0.29) is 0 Å². The predicted octanol–water partition coefficient (Wildman–Crippen LogP) is 3.62. The monoisotopic (exact) mass is 248 g/mol. The quantitative estimate of drug-likeness (QED) is 0.337. The highest BCUT2D eigenvalue weighted by Crippen LogP contribution is 2.08. The van der Waals surface area contributed by atoms with E-state index in [0.29, 0.717) is 0 Å². The fourth-order valence-electron chi connectivity index (χ4n) is 1.43. The first-order chi connectivity index (χ1) is 7.56. The summed E-state index contributed by atoms with van der Waals surface area (Å²) in [5, 5.41) is 0. The number of hydrogen-bond donors (Lipinski definition) is 0. The standard InChI is InChI=1S/C12H24O3S/c1-3-4-5-6-7-8-9-10-11-12-15-16(2,13)14/h11-12H,3-10H2,1-2H3/b12-11+. The zero-order valence-electron chi connectivity index (χ0n) is 10.4. The summed E-state index contributed by atoms with van der Waals surface area (Å²) in [6, 6.07) is 0. The molecule has 0 saturated heterocycles. The van der Waals surface area contributed by atoms with Crippen molar-refractivity contribution in [2.45, 2.75) is 58.3 Å². The molecule has 0 amide bonds. The molecule has 0 aromatic carbocycles. The van der Waals surface area contributed by atoms with Gasteiger partial charge in [0.2, 0.25) is 0 Å². The van der Waals surface area contributed by atoms with E-state index in [0.717, 1.165) is 19.1 Å². The lowest BCUT2D eigenvalue weighted by Crippen LogP contribution is -1.95. The minimum Gasteiger partial charge on any atom is -0.391 e. The Morgan fingerprint density at radius 1 is 1.00 bits per heavy atom. The first kappa shape index (κ1) is 15.5. The molecule has 0 fully saturated rings. The van der Waals surface area contributed by atoms with Crippen LogP contribution in [0.25, 0.3) is 0 Å². The Balaban J connectivity index is 3.21. The van der Waals surface area contributed by atoms with Crippen LogP contribution in [-0.2, 0) is 14.3 Å². The van der Waals surface area contributed by atoms with Crippen LogP contribution in [0.1, 0.15) is 58.3 Å². The molecule has 0 unspecified atom stereocenters. The van der Waals surface area contributed by atoms with Gasteiger partial charge in [-0.15, -0.1) is 0 Å². The van der Waals surface area contributed by atoms with Gasteiger partial charge in [-0.2, -0.15) is 8.42 Å². The third kappa shape index (κ3) is 13.5. The van der Waals surface area contributed by atoms with Gasteiger partial charge in [-0.05, 0) is 18.9 Å². The van der Waals surface area contributed by atoms with Gasteiger partial charge in [-0.1, -0.05) is 45.4 Å². The molecule has 0 radical (unpaired) electrons. The Morgan fingerprint density at radius 2 is 1.56 bits per heavy atom. The molecule has 96 valence electrons. The molecule has 0 aliphatic heterocycles. The van der Waals surface area contributed by atoms with E-state index in [1.54, 1.807) is 6.08 Å². The van der Waals surface area contributed by atoms with Gasteiger partial charge >= 0.3 is 10.1 Å². The molecule has 3 nitrogen and oxygen atoms in total. The van der Waals surface area contributed by atoms with Gasteiger partial charge in [-0.25, -0.2) is 0 Å². The summed E-state index contributed by atoms with van der Waals surface area (Å²) in [4.78, 5) is 0. The molecule has 4 heteroatoms. The summed E-state index contributed by atoms with van der Waals surface area (Å²) in [6.07, 6.45) is 13.9. The molecule has 0 spiro atoms. The van der Waals surface area contributed by atoms with Crippen LogP contribution in [0.2, 0.25) is 0 Å². The van der Waals surface area contributed by atoms with E-state index in [2.05, 4.69) is 11.1 Å². The van der Waals surface area contributed by atoms with Gasteiger partial charge in [0.1, 0.15) is 6.26 Å². The Hall–Kier alpha value is -0.510. The van der Waals surface area contributed by atoms with Crippen LogP contribution in [0.5, 0.6) is 0 Å². The van der Waals surface area contributed by atoms with Gasteiger partial charge in [0, 0.05) is 0 Å². The van der Waals surface area contributed by atoms with Crippen LogP contribution in [0.3, 0.4) is 0 Å². The largest absolute Gasteiger partial charge is 0.391 e. The molecule has 0 saturated carbocycles. The lowest BCUT2D eigenvalue weighted by Gasteiger charge is -1.99. The maximum atomic E-state index is 10.6. The maximum absolute atomic E-state index is 10.6. The molecule has 0 atom stereocenters. The summed E-state index contributed by atoms with van der Waals surface area (Å²) >= 11 is 0. The Kier molecular flexibility index (Phi) is 9.39. The van der Waals surface area contributed by atoms with Crippen molar-refractivity contribution in [3.05, 3.63) is 12.3 Å². The highest BCUT2D eigenvalue weighted by Gasteiger charge is 1.95. The minimum absolute atomic E-state index is 0.892. The van der Waals surface area contributed by atoms with Crippen LogP contribution in [0.4, 0.5) is 0 Å². The van der Waals surface area contributed by atoms with Gasteiger partial charge in [0.15, 0.2) is 0 Å². The van der Waals surface area contributed by atoms with Crippen molar-refractivity contribution < 1.29 is 12.6 Å². The Morgan fingerprint density at radius 3 is 2.12 bits per heavy atom. The molecule has 16 heavy (non-hydrogen) atoms. The predicted molar refractivity (Wildman–Crippen MR) is 67.7 cm³/mol. The van der Waals surface area contributed by atoms with Crippen molar-refractivity contribution in [3.63, 3.8) is 0 Å². The molecule has 0 rings (SSSR count). The van der Waals surface area contributed by atoms with Gasteiger partial charge < -0.3 is 4.18 Å². The SMILES string of the molecule is CCCCCCCCC/C=C/OS(C)(=O)=O. The lowest BCUT2D eigenvalue weighted by atomic mass is 10.1. The fourth-order valence-corrected chi connectivity index (χ4v) is 1.71. The minimum atomic E-state index is -3.32. The van der Waals surface area contributed by atoms with Crippen molar-refractivity contribution >= 4 is 10.1 Å². The molecule has 0 aliphatic carbocycles.